The summed E-state index contributed by atoms with van der Waals surface area (Å²) in [5, 5.41) is 5.40. The molecule has 0 aromatic carbocycles. The van der Waals surface area contributed by atoms with Gasteiger partial charge in [-0.15, -0.1) is 0 Å². The highest BCUT2D eigenvalue weighted by Gasteiger charge is 1.91. The van der Waals surface area contributed by atoms with Crippen molar-refractivity contribution in [1.29, 1.82) is 5.41 Å². The average Bonchev–Trinajstić information content (AvgIpc) is 2.16. The highest BCUT2D eigenvalue weighted by molar-refractivity contribution is 5.26. The molecule has 1 aliphatic rings. The predicted octanol–water partition coefficient (Wildman–Crippen LogP) is 3.58. The zero-order valence-corrected chi connectivity index (χ0v) is 8.22. The van der Waals surface area contributed by atoms with E-state index in [0.717, 1.165) is 6.08 Å². The lowest BCUT2D eigenvalue weighted by Crippen LogP contribution is -1.81. The van der Waals surface area contributed by atoms with Crippen molar-refractivity contribution in [2.45, 2.75) is 51.4 Å². The molecule has 0 aromatic heterocycles. The Labute approximate surface area is 80.5 Å². The van der Waals surface area contributed by atoms with Crippen LogP contribution in [0.4, 0.5) is 0 Å². The fraction of sp³-hybridized carbons (Fsp3) is 0.727. The first kappa shape index (κ1) is 12.1. The summed E-state index contributed by atoms with van der Waals surface area (Å²) in [6.45, 7) is 0. The van der Waals surface area contributed by atoms with Crippen molar-refractivity contribution in [1.82, 2.24) is 0 Å². The van der Waals surface area contributed by atoms with E-state index in [4.69, 9.17) is 10.2 Å². The fourth-order valence-corrected chi connectivity index (χ4v) is 1.47. The van der Waals surface area contributed by atoms with Crippen LogP contribution in [-0.4, -0.2) is 6.08 Å². The third-order valence-corrected chi connectivity index (χ3v) is 2.16. The Morgan fingerprint density at radius 1 is 0.846 bits per heavy atom. The van der Waals surface area contributed by atoms with E-state index in [2.05, 4.69) is 12.2 Å². The number of hydrogen-bond donors (Lipinski definition) is 1. The Morgan fingerprint density at radius 2 is 1.15 bits per heavy atom. The van der Waals surface area contributed by atoms with Gasteiger partial charge in [-0.2, -0.15) is 0 Å². The third-order valence-electron chi connectivity index (χ3n) is 2.16. The van der Waals surface area contributed by atoms with Gasteiger partial charge in [-0.25, -0.2) is 10.2 Å². The molecule has 1 N–H and O–H groups in total. The Balaban J connectivity index is 0.000000424. The smallest absolute Gasteiger partial charge is 0.222 e. The van der Waals surface area contributed by atoms with Gasteiger partial charge in [0.25, 0.3) is 0 Å². The summed E-state index contributed by atoms with van der Waals surface area (Å²) in [6.07, 6.45) is 16.8. The Kier molecular flexibility index (Phi) is 10.4. The molecular formula is C11H19NO. The molecule has 1 aliphatic carbocycles. The zero-order chi connectivity index (χ0) is 9.78. The van der Waals surface area contributed by atoms with Crippen molar-refractivity contribution in [2.75, 3.05) is 0 Å². The first-order chi connectivity index (χ1) is 6.41. The van der Waals surface area contributed by atoms with E-state index in [1.165, 1.54) is 51.4 Å². The fourth-order valence-electron chi connectivity index (χ4n) is 1.47. The lowest BCUT2D eigenvalue weighted by Gasteiger charge is -2.01. The molecule has 0 bridgehead atoms. The second-order valence-corrected chi connectivity index (χ2v) is 3.27. The number of carbonyl (C=O) groups excluding carboxylic acids is 1. The van der Waals surface area contributed by atoms with Crippen molar-refractivity contribution >= 4 is 6.08 Å². The molecule has 0 unspecified atom stereocenters. The van der Waals surface area contributed by atoms with Crippen LogP contribution in [0.5, 0.6) is 0 Å². The number of nitrogens with one attached hydrogen (secondary N) is 1. The largest absolute Gasteiger partial charge is 0.231 e. The van der Waals surface area contributed by atoms with E-state index in [-0.39, 0.29) is 0 Å². The minimum atomic E-state index is 0.750. The summed E-state index contributed by atoms with van der Waals surface area (Å²) in [5.74, 6) is 0. The molecule has 74 valence electrons. The van der Waals surface area contributed by atoms with Crippen LogP contribution in [0.3, 0.4) is 0 Å². The Morgan fingerprint density at radius 3 is 1.54 bits per heavy atom. The molecule has 0 fully saturated rings. The summed E-state index contributed by atoms with van der Waals surface area (Å²) in [5.41, 5.74) is 0. The Bertz CT molecular complexity index is 145. The molecule has 0 atom stereocenters. The maximum Gasteiger partial charge on any atom is 0.231 e. The van der Waals surface area contributed by atoms with Gasteiger partial charge in [-0.3, -0.25) is 0 Å². The normalized spacial score (nSPS) is 17.8. The maximum atomic E-state index is 8.35. The van der Waals surface area contributed by atoms with Crippen LogP contribution < -0.4 is 0 Å². The quantitative estimate of drug-likeness (QED) is 0.346. The van der Waals surface area contributed by atoms with Crippen LogP contribution in [0.25, 0.3) is 0 Å². The lowest BCUT2D eigenvalue weighted by atomic mass is 10.1. The van der Waals surface area contributed by atoms with Gasteiger partial charge in [0.05, 0.1) is 0 Å². The van der Waals surface area contributed by atoms with Gasteiger partial charge in [0, 0.05) is 0 Å². The van der Waals surface area contributed by atoms with E-state index in [1.807, 2.05) is 0 Å². The molecule has 0 aromatic rings. The van der Waals surface area contributed by atoms with E-state index >= 15 is 0 Å². The van der Waals surface area contributed by atoms with Crippen LogP contribution in [0.2, 0.25) is 0 Å². The van der Waals surface area contributed by atoms with Gasteiger partial charge in [0.1, 0.15) is 0 Å². The van der Waals surface area contributed by atoms with Crippen LogP contribution in [0.1, 0.15) is 51.4 Å². The van der Waals surface area contributed by atoms with Crippen LogP contribution in [-0.2, 0) is 4.79 Å². The minimum Gasteiger partial charge on any atom is -0.222 e. The number of allylic oxidation sites excluding steroid dienone is 2. The molecule has 0 radical (unpaired) electrons. The van der Waals surface area contributed by atoms with Crippen LogP contribution in [0.15, 0.2) is 12.2 Å². The summed E-state index contributed by atoms with van der Waals surface area (Å²) in [4.78, 5) is 8.35. The molecule has 0 saturated heterocycles. The second kappa shape index (κ2) is 11.1. The van der Waals surface area contributed by atoms with Crippen molar-refractivity contribution in [2.24, 2.45) is 0 Å². The predicted molar refractivity (Wildman–Crippen MR) is 54.5 cm³/mol. The monoisotopic (exact) mass is 181 g/mol. The van der Waals surface area contributed by atoms with E-state index in [1.54, 1.807) is 0 Å². The number of hydrogen-bond acceptors (Lipinski definition) is 2. The topological polar surface area (TPSA) is 40.9 Å². The van der Waals surface area contributed by atoms with E-state index < -0.39 is 0 Å². The maximum absolute atomic E-state index is 8.35. The molecule has 0 aliphatic heterocycles. The summed E-state index contributed by atoms with van der Waals surface area (Å²) < 4.78 is 0. The number of rotatable bonds is 0. The molecule has 13 heavy (non-hydrogen) atoms. The minimum absolute atomic E-state index is 0.750. The zero-order valence-electron chi connectivity index (χ0n) is 8.22. The molecular weight excluding hydrogens is 162 g/mol. The summed E-state index contributed by atoms with van der Waals surface area (Å²) >= 11 is 0. The van der Waals surface area contributed by atoms with Crippen LogP contribution >= 0.6 is 0 Å². The van der Waals surface area contributed by atoms with Gasteiger partial charge in [0.2, 0.25) is 6.08 Å². The van der Waals surface area contributed by atoms with Crippen molar-refractivity contribution in [3.63, 3.8) is 0 Å². The van der Waals surface area contributed by atoms with Crippen molar-refractivity contribution in [3.05, 3.63) is 12.2 Å². The number of isocyanates is 1. The van der Waals surface area contributed by atoms with Gasteiger partial charge >= 0.3 is 0 Å². The van der Waals surface area contributed by atoms with Crippen LogP contribution in [0, 0.1) is 5.41 Å². The van der Waals surface area contributed by atoms with Gasteiger partial charge in [-0.1, -0.05) is 37.8 Å². The van der Waals surface area contributed by atoms with E-state index in [0.29, 0.717) is 0 Å². The molecule has 2 nitrogen and oxygen atoms in total. The van der Waals surface area contributed by atoms with Gasteiger partial charge in [0.15, 0.2) is 0 Å². The summed E-state index contributed by atoms with van der Waals surface area (Å²) in [6, 6.07) is 0. The SMILES string of the molecule is C1=CCCCCCCCC1.N=C=O. The molecule has 1 rings (SSSR count). The summed E-state index contributed by atoms with van der Waals surface area (Å²) in [7, 11) is 0. The average molecular weight is 181 g/mol. The molecule has 0 amide bonds. The molecule has 0 spiro atoms. The molecule has 0 saturated carbocycles. The van der Waals surface area contributed by atoms with Gasteiger partial charge < -0.3 is 0 Å². The highest BCUT2D eigenvalue weighted by atomic mass is 16.1. The first-order valence-corrected chi connectivity index (χ1v) is 5.10. The first-order valence-electron chi connectivity index (χ1n) is 5.10. The lowest BCUT2D eigenvalue weighted by molar-refractivity contribution is 0.563. The molecule has 0 heterocycles. The van der Waals surface area contributed by atoms with Crippen molar-refractivity contribution in [3.8, 4) is 0 Å². The van der Waals surface area contributed by atoms with Crippen molar-refractivity contribution < 1.29 is 4.79 Å². The standard InChI is InChI=1S/C10H18.CHNO/c1-2-4-6-8-10-9-7-5-3-1;2-1-3/h1-2H,3-10H2;2H. The second-order valence-electron chi connectivity index (χ2n) is 3.27. The highest BCUT2D eigenvalue weighted by Crippen LogP contribution is 2.11. The Hall–Kier alpha value is -0.880. The third kappa shape index (κ3) is 11.1. The van der Waals surface area contributed by atoms with Gasteiger partial charge in [-0.05, 0) is 25.7 Å². The van der Waals surface area contributed by atoms with E-state index in [9.17, 15) is 0 Å². The molecule has 2 heteroatoms.